The average Bonchev–Trinajstić information content (AvgIpc) is 2.98. The highest BCUT2D eigenvalue weighted by atomic mass is 35.5. The summed E-state index contributed by atoms with van der Waals surface area (Å²) in [7, 11) is 0. The number of alkyl halides is 3. The van der Waals surface area contributed by atoms with Crippen LogP contribution in [0.1, 0.15) is 17.0 Å². The number of benzene rings is 1. The molecule has 0 fully saturated rings. The molecule has 0 radical (unpaired) electrons. The van der Waals surface area contributed by atoms with E-state index in [1.165, 1.54) is 24.3 Å². The Hall–Kier alpha value is -2.68. The monoisotopic (exact) mass is 386 g/mol. The fourth-order valence-electron chi connectivity index (χ4n) is 2.33. The van der Waals surface area contributed by atoms with Gasteiger partial charge >= 0.3 is 6.18 Å². The molecule has 0 aliphatic carbocycles. The topological polar surface area (TPSA) is 59.3 Å². The molecule has 0 aliphatic heterocycles. The van der Waals surface area contributed by atoms with Crippen molar-refractivity contribution in [3.8, 4) is 0 Å². The molecule has 0 unspecified atom stereocenters. The molecule has 0 saturated carbocycles. The van der Waals surface area contributed by atoms with Crippen molar-refractivity contribution in [3.63, 3.8) is 0 Å². The number of amides is 1. The maximum absolute atomic E-state index is 13.7. The smallest absolute Gasteiger partial charge is 0.348 e. The van der Waals surface area contributed by atoms with Crippen LogP contribution in [-0.2, 0) is 23.9 Å². The number of nitrogens with zero attached hydrogens (tertiary/aromatic N) is 3. The molecule has 26 heavy (non-hydrogen) atoms. The zero-order valence-corrected chi connectivity index (χ0v) is 13.8. The van der Waals surface area contributed by atoms with Crippen LogP contribution in [0.3, 0.4) is 0 Å². The third-order valence-electron chi connectivity index (χ3n) is 3.64. The summed E-state index contributed by atoms with van der Waals surface area (Å²) in [5.41, 5.74) is -0.618. The molecule has 136 valence electrons. The molecule has 3 aromatic rings. The van der Waals surface area contributed by atoms with E-state index in [0.29, 0.717) is 0 Å². The second-order valence-electron chi connectivity index (χ2n) is 5.41. The number of rotatable bonds is 4. The molecule has 1 N–H and O–H groups in total. The summed E-state index contributed by atoms with van der Waals surface area (Å²) >= 11 is 5.86. The van der Waals surface area contributed by atoms with Crippen molar-refractivity contribution in [3.05, 3.63) is 64.3 Å². The Labute approximate surface area is 149 Å². The predicted molar refractivity (Wildman–Crippen MR) is 84.9 cm³/mol. The highest BCUT2D eigenvalue weighted by molar-refractivity contribution is 6.31. The molecule has 0 spiro atoms. The lowest BCUT2D eigenvalue weighted by atomic mass is 10.1. The number of carbonyl (C=O) groups is 1. The van der Waals surface area contributed by atoms with E-state index in [1.54, 1.807) is 0 Å². The van der Waals surface area contributed by atoms with E-state index in [9.17, 15) is 22.4 Å². The average molecular weight is 387 g/mol. The molecule has 3 rings (SSSR count). The van der Waals surface area contributed by atoms with Crippen LogP contribution in [0.5, 0.6) is 0 Å². The number of halogens is 5. The minimum atomic E-state index is -4.51. The highest BCUT2D eigenvalue weighted by Crippen LogP contribution is 2.29. The van der Waals surface area contributed by atoms with Crippen molar-refractivity contribution in [1.29, 1.82) is 0 Å². The van der Waals surface area contributed by atoms with Crippen molar-refractivity contribution < 1.29 is 22.4 Å². The second kappa shape index (κ2) is 6.91. The van der Waals surface area contributed by atoms with Gasteiger partial charge in [-0.2, -0.15) is 13.2 Å². The van der Waals surface area contributed by atoms with Gasteiger partial charge in [-0.05, 0) is 24.3 Å². The summed E-state index contributed by atoms with van der Waals surface area (Å²) in [5, 5.41) is 10.1. The van der Waals surface area contributed by atoms with Crippen LogP contribution in [0.4, 0.5) is 17.6 Å². The SMILES string of the molecule is O=C(Cc1c(F)cccc1Cl)NCc1nnc2ccc(C(F)(F)F)cn12. The normalized spacial score (nSPS) is 11.7. The predicted octanol–water partition coefficient (Wildman–Crippen LogP) is 3.40. The van der Waals surface area contributed by atoms with Crippen LogP contribution in [-0.4, -0.2) is 20.5 Å². The lowest BCUT2D eigenvalue weighted by Gasteiger charge is -2.09. The van der Waals surface area contributed by atoms with Crippen molar-refractivity contribution in [2.75, 3.05) is 0 Å². The Morgan fingerprint density at radius 3 is 2.65 bits per heavy atom. The first-order chi connectivity index (χ1) is 12.3. The van der Waals surface area contributed by atoms with Crippen molar-refractivity contribution in [2.45, 2.75) is 19.1 Å². The number of hydrogen-bond acceptors (Lipinski definition) is 3. The molecule has 5 nitrogen and oxygen atoms in total. The Morgan fingerprint density at radius 2 is 1.96 bits per heavy atom. The molecule has 1 amide bonds. The van der Waals surface area contributed by atoms with Crippen LogP contribution in [0, 0.1) is 5.82 Å². The van der Waals surface area contributed by atoms with Gasteiger partial charge in [0.1, 0.15) is 5.82 Å². The molecule has 0 aliphatic rings. The zero-order chi connectivity index (χ0) is 18.9. The first-order valence-electron chi connectivity index (χ1n) is 7.36. The summed E-state index contributed by atoms with van der Waals surface area (Å²) < 4.78 is 53.3. The number of fused-ring (bicyclic) bond motifs is 1. The molecule has 0 saturated heterocycles. The van der Waals surface area contributed by atoms with Crippen molar-refractivity contribution >= 4 is 23.2 Å². The Bertz CT molecular complexity index is 950. The fraction of sp³-hybridized carbons (Fsp3) is 0.188. The number of aromatic nitrogens is 3. The van der Waals surface area contributed by atoms with Crippen LogP contribution in [0.15, 0.2) is 36.5 Å². The zero-order valence-electron chi connectivity index (χ0n) is 13.0. The summed E-state index contributed by atoms with van der Waals surface area (Å²) in [5.74, 6) is -1.06. The highest BCUT2D eigenvalue weighted by Gasteiger charge is 2.31. The van der Waals surface area contributed by atoms with E-state index in [-0.39, 0.29) is 35.0 Å². The number of pyridine rings is 1. The lowest BCUT2D eigenvalue weighted by molar-refractivity contribution is -0.137. The third kappa shape index (κ3) is 3.77. The van der Waals surface area contributed by atoms with Gasteiger partial charge in [0.15, 0.2) is 11.5 Å². The minimum absolute atomic E-state index is 0.0390. The van der Waals surface area contributed by atoms with Gasteiger partial charge in [-0.1, -0.05) is 17.7 Å². The van der Waals surface area contributed by atoms with Gasteiger partial charge in [0, 0.05) is 16.8 Å². The Kier molecular flexibility index (Phi) is 4.82. The van der Waals surface area contributed by atoms with Crippen molar-refractivity contribution in [1.82, 2.24) is 19.9 Å². The van der Waals surface area contributed by atoms with Gasteiger partial charge in [-0.25, -0.2) is 4.39 Å². The van der Waals surface area contributed by atoms with Gasteiger partial charge in [-0.15, -0.1) is 10.2 Å². The largest absolute Gasteiger partial charge is 0.417 e. The summed E-state index contributed by atoms with van der Waals surface area (Å²) in [4.78, 5) is 12.0. The van der Waals surface area contributed by atoms with E-state index in [4.69, 9.17) is 11.6 Å². The van der Waals surface area contributed by atoms with Crippen molar-refractivity contribution in [2.24, 2.45) is 0 Å². The van der Waals surface area contributed by atoms with E-state index in [1.807, 2.05) is 0 Å². The van der Waals surface area contributed by atoms with Crippen LogP contribution in [0.2, 0.25) is 5.02 Å². The molecule has 2 heterocycles. The lowest BCUT2D eigenvalue weighted by Crippen LogP contribution is -2.26. The van der Waals surface area contributed by atoms with Crippen LogP contribution >= 0.6 is 11.6 Å². The van der Waals surface area contributed by atoms with Gasteiger partial charge < -0.3 is 5.32 Å². The van der Waals surface area contributed by atoms with Crippen LogP contribution in [0.25, 0.3) is 5.65 Å². The maximum atomic E-state index is 13.7. The molecule has 0 atom stereocenters. The molecular weight excluding hydrogens is 376 g/mol. The first-order valence-corrected chi connectivity index (χ1v) is 7.74. The van der Waals surface area contributed by atoms with E-state index in [2.05, 4.69) is 15.5 Å². The van der Waals surface area contributed by atoms with Crippen LogP contribution < -0.4 is 5.32 Å². The van der Waals surface area contributed by atoms with Gasteiger partial charge in [0.2, 0.25) is 5.91 Å². The number of carbonyl (C=O) groups excluding carboxylic acids is 1. The third-order valence-corrected chi connectivity index (χ3v) is 4.00. The van der Waals surface area contributed by atoms with Gasteiger partial charge in [0.25, 0.3) is 0 Å². The second-order valence-corrected chi connectivity index (χ2v) is 5.82. The molecule has 1 aromatic carbocycles. The fourth-order valence-corrected chi connectivity index (χ4v) is 2.56. The minimum Gasteiger partial charge on any atom is -0.348 e. The number of hydrogen-bond donors (Lipinski definition) is 1. The summed E-state index contributed by atoms with van der Waals surface area (Å²) in [6.45, 7) is -0.173. The summed E-state index contributed by atoms with van der Waals surface area (Å²) in [6.07, 6.45) is -3.97. The van der Waals surface area contributed by atoms with E-state index >= 15 is 0 Å². The molecular formula is C16H11ClF4N4O. The molecule has 2 aromatic heterocycles. The van der Waals surface area contributed by atoms with E-state index < -0.39 is 23.5 Å². The van der Waals surface area contributed by atoms with Gasteiger partial charge in [-0.3, -0.25) is 9.20 Å². The Balaban J connectivity index is 1.74. The Morgan fingerprint density at radius 1 is 1.19 bits per heavy atom. The maximum Gasteiger partial charge on any atom is 0.417 e. The van der Waals surface area contributed by atoms with E-state index in [0.717, 1.165) is 16.7 Å². The quantitative estimate of drug-likeness (QED) is 0.699. The standard InChI is InChI=1S/C16H11ClF4N4O/c17-11-2-1-3-12(18)10(11)6-15(26)22-7-14-24-23-13-5-4-9(8-25(13)14)16(19,20)21/h1-5,8H,6-7H2,(H,22,26). The molecule has 10 heteroatoms. The van der Waals surface area contributed by atoms with Gasteiger partial charge in [0.05, 0.1) is 18.5 Å². The number of nitrogens with one attached hydrogen (secondary N) is 1. The summed E-state index contributed by atoms with van der Waals surface area (Å²) in [6, 6.07) is 6.13. The first kappa shape index (κ1) is 18.1. The molecule has 0 bridgehead atoms.